The van der Waals surface area contributed by atoms with E-state index in [9.17, 15) is 35.8 Å². The Morgan fingerprint density at radius 3 is 1.38 bits per heavy atom. The first-order chi connectivity index (χ1) is 6.41. The maximum absolute atomic E-state index is 11.4. The molecule has 0 aliphatic carbocycles. The van der Waals surface area contributed by atoms with Gasteiger partial charge in [-0.15, -0.1) is 0 Å². The summed E-state index contributed by atoms with van der Waals surface area (Å²) < 4.78 is 85.0. The normalized spacial score (nSPS) is 13.4. The predicted octanol–water partition coefficient (Wildman–Crippen LogP) is -1.38. The van der Waals surface area contributed by atoms with Gasteiger partial charge in [-0.3, -0.25) is 4.57 Å². The Hall–Kier alpha value is 1.33. The molecule has 0 bridgehead atoms. The molecular weight excluding hydrogens is 296 g/mol. The smallest absolute Gasteiger partial charge is 0.756 e. The van der Waals surface area contributed by atoms with E-state index in [-0.39, 0.29) is 51.4 Å². The van der Waals surface area contributed by atoms with E-state index >= 15 is 0 Å². The van der Waals surface area contributed by atoms with Gasteiger partial charge in [0.2, 0.25) is 0 Å². The molecule has 0 rings (SSSR count). The maximum Gasteiger partial charge on any atom is 1.00 e. The summed E-state index contributed by atoms with van der Waals surface area (Å²) in [7, 11) is -5.58. The monoisotopic (exact) mass is 300 g/mol. The minimum absolute atomic E-state index is 0. The second-order valence-corrected chi connectivity index (χ2v) is 3.64. The zero-order chi connectivity index (χ0) is 12.3. The molecule has 12 heteroatoms. The Kier molecular flexibility index (Phi) is 8.66. The van der Waals surface area contributed by atoms with Gasteiger partial charge in [0.15, 0.2) is 13.2 Å². The molecule has 0 atom stereocenters. The molecule has 0 aromatic carbocycles. The minimum Gasteiger partial charge on any atom is -0.756 e. The summed E-state index contributed by atoms with van der Waals surface area (Å²) in [5.41, 5.74) is 0. The van der Waals surface area contributed by atoms with Crippen molar-refractivity contribution in [2.24, 2.45) is 0 Å². The van der Waals surface area contributed by atoms with Crippen molar-refractivity contribution in [2.75, 3.05) is 13.2 Å². The molecule has 0 N–H and O–H groups in total. The molecule has 0 amide bonds. The molecule has 0 spiro atoms. The second kappa shape index (κ2) is 7.05. The summed E-state index contributed by atoms with van der Waals surface area (Å²) in [5.74, 6) is 0. The van der Waals surface area contributed by atoms with Crippen molar-refractivity contribution < 1.29 is 96.2 Å². The van der Waals surface area contributed by atoms with E-state index in [0.29, 0.717) is 0 Å². The van der Waals surface area contributed by atoms with E-state index in [1.165, 1.54) is 0 Å². The number of hydrogen-bond acceptors (Lipinski definition) is 4. The van der Waals surface area contributed by atoms with Gasteiger partial charge in [0, 0.05) is 0 Å². The van der Waals surface area contributed by atoms with Crippen LogP contribution in [0.5, 0.6) is 0 Å². The van der Waals surface area contributed by atoms with E-state index in [0.717, 1.165) is 0 Å². The van der Waals surface area contributed by atoms with E-state index in [1.54, 1.807) is 0 Å². The number of alkyl halides is 6. The maximum atomic E-state index is 11.4. The van der Waals surface area contributed by atoms with Crippen LogP contribution in [0.4, 0.5) is 26.3 Å². The molecule has 0 aliphatic heterocycles. The number of phosphoric ester groups is 1. The van der Waals surface area contributed by atoms with Crippen molar-refractivity contribution in [3.63, 3.8) is 0 Å². The third-order valence-corrected chi connectivity index (χ3v) is 1.66. The zero-order valence-corrected chi connectivity index (χ0v) is 11.8. The molecule has 4 nitrogen and oxygen atoms in total. The van der Waals surface area contributed by atoms with E-state index in [1.807, 2.05) is 0 Å². The van der Waals surface area contributed by atoms with E-state index in [2.05, 4.69) is 9.05 Å². The average molecular weight is 300 g/mol. The molecule has 0 radical (unpaired) electrons. The molecule has 16 heavy (non-hydrogen) atoms. The number of halogens is 6. The van der Waals surface area contributed by atoms with Gasteiger partial charge in [0.25, 0.3) is 7.82 Å². The van der Waals surface area contributed by atoms with Crippen LogP contribution in [0.15, 0.2) is 0 Å². The number of rotatable bonds is 4. The van der Waals surface area contributed by atoms with Crippen molar-refractivity contribution in [3.05, 3.63) is 0 Å². The Labute approximate surface area is 128 Å². The first-order valence-electron chi connectivity index (χ1n) is 3.15. The summed E-state index contributed by atoms with van der Waals surface area (Å²) in [4.78, 5) is 10.3. The zero-order valence-electron chi connectivity index (χ0n) is 7.76. The third kappa shape index (κ3) is 13.4. The summed E-state index contributed by atoms with van der Waals surface area (Å²) in [5, 5.41) is 0. The van der Waals surface area contributed by atoms with Gasteiger partial charge in [-0.05, 0) is 0 Å². The largest absolute Gasteiger partial charge is 1.00 e. The fourth-order valence-corrected chi connectivity index (χ4v) is 1.03. The molecular formula is C4H4F6KO4P. The van der Waals surface area contributed by atoms with Crippen molar-refractivity contribution in [3.8, 4) is 0 Å². The van der Waals surface area contributed by atoms with Gasteiger partial charge in [-0.1, -0.05) is 0 Å². The quantitative estimate of drug-likeness (QED) is 0.365. The van der Waals surface area contributed by atoms with Crippen LogP contribution in [-0.2, 0) is 13.6 Å². The van der Waals surface area contributed by atoms with Gasteiger partial charge in [0.05, 0.1) is 0 Å². The van der Waals surface area contributed by atoms with Crippen LogP contribution in [0.1, 0.15) is 0 Å². The van der Waals surface area contributed by atoms with E-state index in [4.69, 9.17) is 0 Å². The van der Waals surface area contributed by atoms with Crippen LogP contribution in [0.25, 0.3) is 0 Å². The Morgan fingerprint density at radius 2 is 1.19 bits per heavy atom. The molecule has 0 aliphatic rings. The fraction of sp³-hybridized carbons (Fsp3) is 1.00. The molecule has 92 valence electrons. The summed E-state index contributed by atoms with van der Waals surface area (Å²) in [6, 6.07) is 0. The topological polar surface area (TPSA) is 58.6 Å². The average Bonchev–Trinajstić information content (AvgIpc) is 1.96. The summed E-state index contributed by atoms with van der Waals surface area (Å²) >= 11 is 0. The first-order valence-corrected chi connectivity index (χ1v) is 4.61. The number of phosphoric acid groups is 1. The van der Waals surface area contributed by atoms with Crippen LogP contribution >= 0.6 is 7.82 Å². The molecule has 0 unspecified atom stereocenters. The predicted molar refractivity (Wildman–Crippen MR) is 31.6 cm³/mol. The Morgan fingerprint density at radius 1 is 0.938 bits per heavy atom. The molecule has 0 saturated carbocycles. The molecule has 0 heterocycles. The van der Waals surface area contributed by atoms with Gasteiger partial charge < -0.3 is 13.9 Å². The van der Waals surface area contributed by atoms with Crippen LogP contribution in [0.2, 0.25) is 0 Å². The summed E-state index contributed by atoms with van der Waals surface area (Å²) in [6.45, 7) is -4.46. The van der Waals surface area contributed by atoms with Crippen LogP contribution in [-0.4, -0.2) is 25.6 Å². The summed E-state index contributed by atoms with van der Waals surface area (Å²) in [6.07, 6.45) is -9.94. The second-order valence-electron chi connectivity index (χ2n) is 2.22. The number of hydrogen-bond donors (Lipinski definition) is 0. The van der Waals surface area contributed by atoms with Crippen LogP contribution in [0.3, 0.4) is 0 Å². The molecule has 0 saturated heterocycles. The first kappa shape index (κ1) is 19.7. The van der Waals surface area contributed by atoms with Gasteiger partial charge in [-0.25, -0.2) is 0 Å². The molecule has 0 fully saturated rings. The fourth-order valence-electron chi connectivity index (χ4n) is 0.342. The van der Waals surface area contributed by atoms with Crippen molar-refractivity contribution in [2.45, 2.75) is 12.4 Å². The van der Waals surface area contributed by atoms with Gasteiger partial charge >= 0.3 is 63.7 Å². The van der Waals surface area contributed by atoms with Crippen molar-refractivity contribution >= 4 is 7.82 Å². The van der Waals surface area contributed by atoms with Crippen LogP contribution < -0.4 is 56.3 Å². The standard InChI is InChI=1S/C4H5F6O4P.K/c5-3(6,7)1-13-15(11,12)14-2-4(8,9)10;/h1-2H2,(H,11,12);/q;+1/p-1. The van der Waals surface area contributed by atoms with Crippen molar-refractivity contribution in [1.82, 2.24) is 0 Å². The van der Waals surface area contributed by atoms with Crippen LogP contribution in [0, 0.1) is 0 Å². The minimum atomic E-state index is -5.58. The van der Waals surface area contributed by atoms with Crippen molar-refractivity contribution in [1.29, 1.82) is 0 Å². The van der Waals surface area contributed by atoms with Gasteiger partial charge in [-0.2, -0.15) is 26.3 Å². The molecule has 0 aromatic heterocycles. The Balaban J connectivity index is 0. The SMILES string of the molecule is O=P([O-])(OCC(F)(F)F)OCC(F)(F)F.[K+]. The Bertz CT molecular complexity index is 230. The third-order valence-electron chi connectivity index (χ3n) is 0.773. The van der Waals surface area contributed by atoms with Gasteiger partial charge in [0.1, 0.15) is 0 Å². The van der Waals surface area contributed by atoms with E-state index < -0.39 is 33.4 Å². The molecule has 0 aromatic rings.